The number of rotatable bonds is 4. The van der Waals surface area contributed by atoms with E-state index >= 15 is 0 Å². The molecule has 0 atom stereocenters. The lowest BCUT2D eigenvalue weighted by Gasteiger charge is -2.07. The van der Waals surface area contributed by atoms with Crippen LogP contribution in [0.25, 0.3) is 0 Å². The third-order valence-corrected chi connectivity index (χ3v) is 1.88. The van der Waals surface area contributed by atoms with Crippen LogP contribution in [0.3, 0.4) is 0 Å². The summed E-state index contributed by atoms with van der Waals surface area (Å²) >= 11 is 0. The van der Waals surface area contributed by atoms with E-state index in [-0.39, 0.29) is 5.91 Å². The third-order valence-electron chi connectivity index (χ3n) is 1.88. The van der Waals surface area contributed by atoms with Crippen molar-refractivity contribution in [3.63, 3.8) is 0 Å². The van der Waals surface area contributed by atoms with Gasteiger partial charge in [0.15, 0.2) is 0 Å². The molecule has 0 fully saturated rings. The number of nitrogens with one attached hydrogen (secondary N) is 1. The molecule has 0 spiro atoms. The normalized spacial score (nSPS) is 10.2. The first-order chi connectivity index (χ1) is 7.27. The van der Waals surface area contributed by atoms with E-state index in [1.807, 2.05) is 24.3 Å². The van der Waals surface area contributed by atoms with Crippen molar-refractivity contribution in [2.45, 2.75) is 6.54 Å². The van der Waals surface area contributed by atoms with Crippen LogP contribution in [0.15, 0.2) is 49.1 Å². The van der Waals surface area contributed by atoms with Crippen LogP contribution in [0.2, 0.25) is 0 Å². The summed E-state index contributed by atoms with van der Waals surface area (Å²) in [6.45, 7) is 3.89. The van der Waals surface area contributed by atoms with Gasteiger partial charge < -0.3 is 11.1 Å². The van der Waals surface area contributed by atoms with Gasteiger partial charge in [0.25, 0.3) is 0 Å². The van der Waals surface area contributed by atoms with Crippen LogP contribution in [-0.4, -0.2) is 5.91 Å². The van der Waals surface area contributed by atoms with Gasteiger partial charge >= 0.3 is 0 Å². The number of benzene rings is 1. The predicted octanol–water partition coefficient (Wildman–Crippen LogP) is 1.83. The Labute approximate surface area is 89.3 Å². The number of carbonyl (C=O) groups excluding carboxylic acids is 1. The Morgan fingerprint density at radius 2 is 2.20 bits per heavy atom. The first kappa shape index (κ1) is 11.2. The molecular weight excluding hydrogens is 188 g/mol. The minimum absolute atomic E-state index is 0.184. The summed E-state index contributed by atoms with van der Waals surface area (Å²) in [5.74, 6) is -0.184. The van der Waals surface area contributed by atoms with Crippen LogP contribution in [-0.2, 0) is 11.3 Å². The SMILES string of the molecule is C=CC=CC(=O)Nc1ccccc1CN. The maximum absolute atomic E-state index is 11.4. The van der Waals surface area contributed by atoms with Crippen molar-refractivity contribution in [3.05, 3.63) is 54.6 Å². The van der Waals surface area contributed by atoms with E-state index in [4.69, 9.17) is 5.73 Å². The van der Waals surface area contributed by atoms with Gasteiger partial charge in [-0.1, -0.05) is 36.9 Å². The van der Waals surface area contributed by atoms with Crippen molar-refractivity contribution in [2.75, 3.05) is 5.32 Å². The van der Waals surface area contributed by atoms with Crippen molar-refractivity contribution < 1.29 is 4.79 Å². The molecule has 15 heavy (non-hydrogen) atoms. The van der Waals surface area contributed by atoms with Gasteiger partial charge in [0.2, 0.25) is 5.91 Å². The summed E-state index contributed by atoms with van der Waals surface area (Å²) in [6, 6.07) is 7.44. The van der Waals surface area contributed by atoms with E-state index in [0.29, 0.717) is 6.54 Å². The molecule has 3 nitrogen and oxygen atoms in total. The average Bonchev–Trinajstić information content (AvgIpc) is 2.27. The zero-order valence-corrected chi connectivity index (χ0v) is 8.44. The van der Waals surface area contributed by atoms with Gasteiger partial charge in [-0.25, -0.2) is 0 Å². The summed E-state index contributed by atoms with van der Waals surface area (Å²) in [5, 5.41) is 2.74. The molecule has 1 amide bonds. The van der Waals surface area contributed by atoms with E-state index in [9.17, 15) is 4.79 Å². The summed E-state index contributed by atoms with van der Waals surface area (Å²) in [5.41, 5.74) is 7.20. The first-order valence-electron chi connectivity index (χ1n) is 4.66. The number of nitrogens with two attached hydrogens (primary N) is 1. The molecule has 0 radical (unpaired) electrons. The number of allylic oxidation sites excluding steroid dienone is 2. The van der Waals surface area contributed by atoms with Crippen LogP contribution in [0.5, 0.6) is 0 Å². The highest BCUT2D eigenvalue weighted by Crippen LogP contribution is 2.13. The molecule has 0 bridgehead atoms. The summed E-state index contributed by atoms with van der Waals surface area (Å²) < 4.78 is 0. The molecule has 0 unspecified atom stereocenters. The number of carbonyl (C=O) groups is 1. The van der Waals surface area contributed by atoms with Gasteiger partial charge in [0, 0.05) is 18.3 Å². The second-order valence-corrected chi connectivity index (χ2v) is 2.95. The third kappa shape index (κ3) is 3.40. The summed E-state index contributed by atoms with van der Waals surface area (Å²) in [6.07, 6.45) is 4.55. The maximum atomic E-state index is 11.4. The molecule has 1 aromatic carbocycles. The first-order valence-corrected chi connectivity index (χ1v) is 4.66. The van der Waals surface area contributed by atoms with Crippen LogP contribution in [0, 0.1) is 0 Å². The Hall–Kier alpha value is -1.87. The summed E-state index contributed by atoms with van der Waals surface area (Å²) in [7, 11) is 0. The Balaban J connectivity index is 2.75. The quantitative estimate of drug-likeness (QED) is 0.578. The van der Waals surface area contributed by atoms with Crippen molar-refractivity contribution in [2.24, 2.45) is 5.73 Å². The Morgan fingerprint density at radius 1 is 1.47 bits per heavy atom. The standard InChI is InChI=1S/C12H14N2O/c1-2-3-8-12(15)14-11-7-5-4-6-10(11)9-13/h2-8H,1,9,13H2,(H,14,15). The molecule has 0 saturated carbocycles. The molecule has 0 aliphatic heterocycles. The summed E-state index contributed by atoms with van der Waals surface area (Å²) in [4.78, 5) is 11.4. The van der Waals surface area contributed by atoms with Gasteiger partial charge in [-0.2, -0.15) is 0 Å². The number of hydrogen-bond donors (Lipinski definition) is 2. The van der Waals surface area contributed by atoms with Crippen LogP contribution < -0.4 is 11.1 Å². The highest BCUT2D eigenvalue weighted by atomic mass is 16.1. The zero-order valence-electron chi connectivity index (χ0n) is 8.44. The van der Waals surface area contributed by atoms with Crippen molar-refractivity contribution in [1.82, 2.24) is 0 Å². The van der Waals surface area contributed by atoms with Crippen LogP contribution >= 0.6 is 0 Å². The predicted molar refractivity (Wildman–Crippen MR) is 62.3 cm³/mol. The molecule has 0 aromatic heterocycles. The smallest absolute Gasteiger partial charge is 0.248 e. The van der Waals surface area contributed by atoms with E-state index in [1.165, 1.54) is 6.08 Å². The number of hydrogen-bond acceptors (Lipinski definition) is 2. The van der Waals surface area contributed by atoms with Gasteiger partial charge in [0.05, 0.1) is 0 Å². The second-order valence-electron chi connectivity index (χ2n) is 2.95. The molecule has 0 saturated heterocycles. The molecule has 1 rings (SSSR count). The Kier molecular flexibility index (Phi) is 4.31. The Bertz CT molecular complexity index is 383. The number of para-hydroxylation sites is 1. The molecule has 78 valence electrons. The van der Waals surface area contributed by atoms with Crippen molar-refractivity contribution >= 4 is 11.6 Å². The average molecular weight is 202 g/mol. The fraction of sp³-hybridized carbons (Fsp3) is 0.0833. The molecule has 0 aliphatic carbocycles. The lowest BCUT2D eigenvalue weighted by atomic mass is 10.2. The molecule has 0 heterocycles. The van der Waals surface area contributed by atoms with E-state index in [1.54, 1.807) is 12.2 Å². The lowest BCUT2D eigenvalue weighted by molar-refractivity contribution is -0.111. The largest absolute Gasteiger partial charge is 0.326 e. The number of anilines is 1. The Morgan fingerprint density at radius 3 is 2.87 bits per heavy atom. The monoisotopic (exact) mass is 202 g/mol. The topological polar surface area (TPSA) is 55.1 Å². The molecule has 3 N–H and O–H groups in total. The molecule has 1 aromatic rings. The van der Waals surface area contributed by atoms with E-state index in [2.05, 4.69) is 11.9 Å². The molecular formula is C12H14N2O. The van der Waals surface area contributed by atoms with Gasteiger partial charge in [-0.3, -0.25) is 4.79 Å². The van der Waals surface area contributed by atoms with Gasteiger partial charge in [-0.15, -0.1) is 0 Å². The molecule has 3 heteroatoms. The highest BCUT2D eigenvalue weighted by molar-refractivity contribution is 5.99. The maximum Gasteiger partial charge on any atom is 0.248 e. The zero-order chi connectivity index (χ0) is 11.1. The van der Waals surface area contributed by atoms with Gasteiger partial charge in [0.1, 0.15) is 0 Å². The molecule has 0 aliphatic rings. The minimum Gasteiger partial charge on any atom is -0.326 e. The van der Waals surface area contributed by atoms with Crippen LogP contribution in [0.4, 0.5) is 5.69 Å². The van der Waals surface area contributed by atoms with Crippen LogP contribution in [0.1, 0.15) is 5.56 Å². The van der Waals surface area contributed by atoms with E-state index in [0.717, 1.165) is 11.3 Å². The fourth-order valence-corrected chi connectivity index (χ4v) is 1.15. The van der Waals surface area contributed by atoms with Crippen molar-refractivity contribution in [3.8, 4) is 0 Å². The van der Waals surface area contributed by atoms with Gasteiger partial charge in [-0.05, 0) is 11.6 Å². The highest BCUT2D eigenvalue weighted by Gasteiger charge is 2.01. The van der Waals surface area contributed by atoms with E-state index < -0.39 is 0 Å². The lowest BCUT2D eigenvalue weighted by Crippen LogP contribution is -2.11. The number of amides is 1. The second kappa shape index (κ2) is 5.78. The minimum atomic E-state index is -0.184. The fourth-order valence-electron chi connectivity index (χ4n) is 1.15. The van der Waals surface area contributed by atoms with Crippen molar-refractivity contribution in [1.29, 1.82) is 0 Å².